The number of imidazole rings is 1. The Labute approximate surface area is 116 Å². The summed E-state index contributed by atoms with van der Waals surface area (Å²) in [5.41, 5.74) is 0. The summed E-state index contributed by atoms with van der Waals surface area (Å²) < 4.78 is 7.41. The minimum atomic E-state index is 0.314. The molecule has 0 aliphatic heterocycles. The predicted octanol–water partition coefficient (Wildman–Crippen LogP) is 3.33. The van der Waals surface area contributed by atoms with Crippen molar-refractivity contribution in [2.45, 2.75) is 52.1 Å². The van der Waals surface area contributed by atoms with Crippen molar-refractivity contribution in [1.82, 2.24) is 9.55 Å². The van der Waals surface area contributed by atoms with Gasteiger partial charge in [-0.25, -0.2) is 4.98 Å². The normalized spacial score (nSPS) is 28.5. The van der Waals surface area contributed by atoms with Crippen LogP contribution in [0.4, 0.5) is 5.95 Å². The molecule has 0 amide bonds. The summed E-state index contributed by atoms with van der Waals surface area (Å²) in [6.45, 7) is 7.53. The van der Waals surface area contributed by atoms with Crippen molar-refractivity contribution in [3.63, 3.8) is 0 Å². The molecule has 0 spiro atoms. The summed E-state index contributed by atoms with van der Waals surface area (Å²) in [6, 6.07) is 0.870. The van der Waals surface area contributed by atoms with Gasteiger partial charge in [0, 0.05) is 25.5 Å². The SMILES string of the molecule is CCC1CCC(Nc2nccn2C(C)COC)C1C. The average molecular weight is 265 g/mol. The molecule has 0 bridgehead atoms. The molecule has 1 aromatic heterocycles. The van der Waals surface area contributed by atoms with Gasteiger partial charge in [0.05, 0.1) is 12.6 Å². The molecule has 1 aliphatic rings. The molecule has 1 aliphatic carbocycles. The van der Waals surface area contributed by atoms with E-state index < -0.39 is 0 Å². The zero-order chi connectivity index (χ0) is 13.8. The molecule has 1 saturated carbocycles. The zero-order valence-electron chi connectivity index (χ0n) is 12.6. The van der Waals surface area contributed by atoms with Crippen LogP contribution in [0.1, 0.15) is 46.1 Å². The van der Waals surface area contributed by atoms with E-state index >= 15 is 0 Å². The Morgan fingerprint density at radius 2 is 2.32 bits per heavy atom. The molecule has 1 N–H and O–H groups in total. The Hall–Kier alpha value is -1.03. The van der Waals surface area contributed by atoms with Gasteiger partial charge in [-0.15, -0.1) is 0 Å². The van der Waals surface area contributed by atoms with Crippen LogP contribution < -0.4 is 5.32 Å². The summed E-state index contributed by atoms with van der Waals surface area (Å²) in [5, 5.41) is 3.64. The monoisotopic (exact) mass is 265 g/mol. The van der Waals surface area contributed by atoms with Crippen LogP contribution in [0, 0.1) is 11.8 Å². The molecule has 0 radical (unpaired) electrons. The van der Waals surface area contributed by atoms with Gasteiger partial charge >= 0.3 is 0 Å². The van der Waals surface area contributed by atoms with Crippen LogP contribution in [-0.4, -0.2) is 29.3 Å². The molecule has 2 rings (SSSR count). The smallest absolute Gasteiger partial charge is 0.203 e. The average Bonchev–Trinajstić information content (AvgIpc) is 2.98. The Morgan fingerprint density at radius 3 is 2.95 bits per heavy atom. The van der Waals surface area contributed by atoms with Gasteiger partial charge in [0.2, 0.25) is 5.95 Å². The fourth-order valence-corrected chi connectivity index (χ4v) is 3.30. The van der Waals surface area contributed by atoms with Gasteiger partial charge in [0.1, 0.15) is 0 Å². The Balaban J connectivity index is 2.02. The van der Waals surface area contributed by atoms with E-state index in [2.05, 4.69) is 35.6 Å². The van der Waals surface area contributed by atoms with E-state index in [1.807, 2.05) is 12.4 Å². The lowest BCUT2D eigenvalue weighted by Crippen LogP contribution is -2.27. The highest BCUT2D eigenvalue weighted by Crippen LogP contribution is 2.35. The maximum atomic E-state index is 5.23. The van der Waals surface area contributed by atoms with Crippen molar-refractivity contribution in [1.29, 1.82) is 0 Å². The van der Waals surface area contributed by atoms with Gasteiger partial charge < -0.3 is 14.6 Å². The molecule has 0 saturated heterocycles. The van der Waals surface area contributed by atoms with Crippen molar-refractivity contribution in [3.05, 3.63) is 12.4 Å². The van der Waals surface area contributed by atoms with Crippen LogP contribution in [0.3, 0.4) is 0 Å². The zero-order valence-corrected chi connectivity index (χ0v) is 12.6. The number of aromatic nitrogens is 2. The highest BCUT2D eigenvalue weighted by Gasteiger charge is 2.32. The summed E-state index contributed by atoms with van der Waals surface area (Å²) in [7, 11) is 1.74. The Morgan fingerprint density at radius 1 is 1.53 bits per heavy atom. The van der Waals surface area contributed by atoms with Gasteiger partial charge in [-0.2, -0.15) is 0 Å². The second kappa shape index (κ2) is 6.42. The van der Waals surface area contributed by atoms with Crippen molar-refractivity contribution in [2.24, 2.45) is 11.8 Å². The molecule has 1 aromatic rings. The molecular formula is C15H27N3O. The number of anilines is 1. The largest absolute Gasteiger partial charge is 0.383 e. The predicted molar refractivity (Wildman–Crippen MR) is 78.4 cm³/mol. The van der Waals surface area contributed by atoms with Crippen LogP contribution in [0.15, 0.2) is 12.4 Å². The Kier molecular flexibility index (Phi) is 4.86. The molecule has 0 aromatic carbocycles. The standard InChI is InChI=1S/C15H27N3O/c1-5-13-6-7-14(12(13)3)17-15-16-8-9-18(15)11(2)10-19-4/h8-9,11-14H,5-7,10H2,1-4H3,(H,16,17). The molecule has 108 valence electrons. The highest BCUT2D eigenvalue weighted by atomic mass is 16.5. The van der Waals surface area contributed by atoms with Crippen LogP contribution in [0.25, 0.3) is 0 Å². The topological polar surface area (TPSA) is 39.1 Å². The summed E-state index contributed by atoms with van der Waals surface area (Å²) in [4.78, 5) is 4.46. The van der Waals surface area contributed by atoms with Gasteiger partial charge in [0.25, 0.3) is 0 Å². The fraction of sp³-hybridized carbons (Fsp3) is 0.800. The number of ether oxygens (including phenoxy) is 1. The third-order valence-electron chi connectivity index (χ3n) is 4.62. The first kappa shape index (κ1) is 14.4. The van der Waals surface area contributed by atoms with Crippen LogP contribution >= 0.6 is 0 Å². The summed E-state index contributed by atoms with van der Waals surface area (Å²) >= 11 is 0. The van der Waals surface area contributed by atoms with Crippen LogP contribution in [-0.2, 0) is 4.74 Å². The lowest BCUT2D eigenvalue weighted by molar-refractivity contribution is 0.163. The van der Waals surface area contributed by atoms with E-state index in [0.717, 1.165) is 17.8 Å². The van der Waals surface area contributed by atoms with E-state index in [-0.39, 0.29) is 0 Å². The maximum Gasteiger partial charge on any atom is 0.203 e. The molecule has 1 heterocycles. The maximum absolute atomic E-state index is 5.23. The summed E-state index contributed by atoms with van der Waals surface area (Å²) in [5.74, 6) is 2.57. The van der Waals surface area contributed by atoms with Gasteiger partial charge in [0.15, 0.2) is 0 Å². The van der Waals surface area contributed by atoms with Crippen molar-refractivity contribution < 1.29 is 4.74 Å². The highest BCUT2D eigenvalue weighted by molar-refractivity contribution is 5.29. The quantitative estimate of drug-likeness (QED) is 0.857. The van der Waals surface area contributed by atoms with Crippen molar-refractivity contribution in [2.75, 3.05) is 19.0 Å². The minimum Gasteiger partial charge on any atom is -0.383 e. The van der Waals surface area contributed by atoms with Crippen molar-refractivity contribution >= 4 is 5.95 Å². The van der Waals surface area contributed by atoms with E-state index in [4.69, 9.17) is 4.74 Å². The third-order valence-corrected chi connectivity index (χ3v) is 4.62. The van der Waals surface area contributed by atoms with Crippen LogP contribution in [0.5, 0.6) is 0 Å². The lowest BCUT2D eigenvalue weighted by atomic mass is 9.93. The molecule has 4 atom stereocenters. The molecule has 1 fully saturated rings. The molecular weight excluding hydrogens is 238 g/mol. The number of nitrogens with one attached hydrogen (secondary N) is 1. The van der Waals surface area contributed by atoms with E-state index in [1.54, 1.807) is 7.11 Å². The van der Waals surface area contributed by atoms with Crippen molar-refractivity contribution in [3.8, 4) is 0 Å². The fourth-order valence-electron chi connectivity index (χ4n) is 3.30. The summed E-state index contributed by atoms with van der Waals surface area (Å²) in [6.07, 6.45) is 7.77. The Bertz CT molecular complexity index is 390. The first-order chi connectivity index (χ1) is 9.17. The van der Waals surface area contributed by atoms with E-state index in [0.29, 0.717) is 18.7 Å². The number of hydrogen-bond acceptors (Lipinski definition) is 3. The second-order valence-electron chi connectivity index (χ2n) is 5.82. The molecule has 4 heteroatoms. The van der Waals surface area contributed by atoms with Crippen LogP contribution in [0.2, 0.25) is 0 Å². The molecule has 4 unspecified atom stereocenters. The number of hydrogen-bond donors (Lipinski definition) is 1. The number of rotatable bonds is 6. The van der Waals surface area contributed by atoms with E-state index in [1.165, 1.54) is 19.3 Å². The second-order valence-corrected chi connectivity index (χ2v) is 5.82. The molecule has 4 nitrogen and oxygen atoms in total. The molecule has 19 heavy (non-hydrogen) atoms. The van der Waals surface area contributed by atoms with Gasteiger partial charge in [-0.1, -0.05) is 20.3 Å². The number of nitrogens with zero attached hydrogens (tertiary/aromatic N) is 2. The third kappa shape index (κ3) is 3.11. The first-order valence-corrected chi connectivity index (χ1v) is 7.45. The van der Waals surface area contributed by atoms with Gasteiger partial charge in [-0.3, -0.25) is 0 Å². The first-order valence-electron chi connectivity index (χ1n) is 7.45. The lowest BCUT2D eigenvalue weighted by Gasteiger charge is -2.23. The van der Waals surface area contributed by atoms with Gasteiger partial charge in [-0.05, 0) is 31.6 Å². The van der Waals surface area contributed by atoms with E-state index in [9.17, 15) is 0 Å². The minimum absolute atomic E-state index is 0.314. The number of methoxy groups -OCH3 is 1.